The number of rotatable bonds is 9. The topological polar surface area (TPSA) is 90.1 Å². The Morgan fingerprint density at radius 3 is 2.42 bits per heavy atom. The van der Waals surface area contributed by atoms with Crippen LogP contribution in [0.25, 0.3) is 34.0 Å². The normalized spacial score (nSPS) is 13.5. The van der Waals surface area contributed by atoms with E-state index in [0.717, 1.165) is 70.2 Å². The molecule has 0 atom stereocenters. The van der Waals surface area contributed by atoms with Crippen molar-refractivity contribution in [3.63, 3.8) is 0 Å². The smallest absolute Gasteiger partial charge is 0.256 e. The highest BCUT2D eigenvalue weighted by atomic mass is 16.2. The van der Waals surface area contributed by atoms with Gasteiger partial charge in [-0.05, 0) is 56.3 Å². The Labute approximate surface area is 235 Å². The predicted molar refractivity (Wildman–Crippen MR) is 162 cm³/mol. The number of aryl methyl sites for hydroxylation is 1. The van der Waals surface area contributed by atoms with Crippen molar-refractivity contribution in [3.8, 4) is 22.4 Å². The second-order valence-corrected chi connectivity index (χ2v) is 10.0. The molecule has 7 nitrogen and oxygen atoms in total. The van der Waals surface area contributed by atoms with Crippen LogP contribution in [-0.2, 0) is 4.79 Å². The molecule has 0 bridgehead atoms. The van der Waals surface area contributed by atoms with E-state index in [-0.39, 0.29) is 11.8 Å². The molecule has 7 heteroatoms. The number of aromatic amines is 1. The molecule has 2 aromatic heterocycles. The van der Waals surface area contributed by atoms with Crippen molar-refractivity contribution in [1.29, 1.82) is 0 Å². The third kappa shape index (κ3) is 5.46. The molecular weight excluding hydrogens is 498 g/mol. The number of anilines is 1. The predicted octanol–water partition coefficient (Wildman–Crippen LogP) is 5.92. The summed E-state index contributed by atoms with van der Waals surface area (Å²) in [5, 5.41) is 6.04. The average molecular weight is 534 g/mol. The van der Waals surface area contributed by atoms with Gasteiger partial charge in [-0.25, -0.2) is 0 Å². The first-order valence-electron chi connectivity index (χ1n) is 13.8. The van der Waals surface area contributed by atoms with Crippen molar-refractivity contribution in [2.24, 2.45) is 0 Å². The zero-order valence-electron chi connectivity index (χ0n) is 23.5. The number of carbonyl (C=O) groups is 2. The van der Waals surface area contributed by atoms with Gasteiger partial charge in [-0.3, -0.25) is 14.6 Å². The fourth-order valence-electron chi connectivity index (χ4n) is 5.22. The van der Waals surface area contributed by atoms with Crippen molar-refractivity contribution in [1.82, 2.24) is 20.2 Å². The van der Waals surface area contributed by atoms with E-state index in [0.29, 0.717) is 17.7 Å². The highest BCUT2D eigenvalue weighted by Crippen LogP contribution is 2.37. The number of hydrogen-bond donors (Lipinski definition) is 3. The van der Waals surface area contributed by atoms with Crippen LogP contribution in [0.1, 0.15) is 46.7 Å². The molecule has 0 saturated heterocycles. The van der Waals surface area contributed by atoms with E-state index in [9.17, 15) is 9.59 Å². The first kappa shape index (κ1) is 27.1. The Bertz CT molecular complexity index is 1560. The first-order chi connectivity index (χ1) is 19.4. The second kappa shape index (κ2) is 11.7. The third-order valence-electron chi connectivity index (χ3n) is 7.57. The summed E-state index contributed by atoms with van der Waals surface area (Å²) < 4.78 is 0. The quantitative estimate of drug-likeness (QED) is 0.233. The van der Waals surface area contributed by atoms with E-state index in [1.807, 2.05) is 86.8 Å². The van der Waals surface area contributed by atoms with Gasteiger partial charge in [-0.15, -0.1) is 0 Å². The minimum absolute atomic E-state index is 0.101. The molecule has 0 saturated carbocycles. The van der Waals surface area contributed by atoms with E-state index < -0.39 is 0 Å². The van der Waals surface area contributed by atoms with Crippen molar-refractivity contribution in [2.45, 2.75) is 27.7 Å². The van der Waals surface area contributed by atoms with Crippen LogP contribution in [0.2, 0.25) is 0 Å². The lowest BCUT2D eigenvalue weighted by molar-refractivity contribution is -0.110. The standard InChI is InChI=1S/C33H35N5O2/c1-5-38(6-2)17-16-34-33(40)31-21(3)29(36-22(31)4)19-27-26-14-12-24(18-30(26)37-32(27)39)25-13-15-28(35-20-25)23-10-8-7-9-11-23/h7-15,18-20,36H,5-6,16-17H2,1-4H3,(H,34,40)(H,37,39)/b27-19-. The van der Waals surface area contributed by atoms with E-state index in [2.05, 4.69) is 39.3 Å². The van der Waals surface area contributed by atoms with Gasteiger partial charge in [0.15, 0.2) is 0 Å². The van der Waals surface area contributed by atoms with Crippen LogP contribution in [0.15, 0.2) is 66.9 Å². The summed E-state index contributed by atoms with van der Waals surface area (Å²) in [7, 11) is 0. The highest BCUT2D eigenvalue weighted by Gasteiger charge is 2.26. The van der Waals surface area contributed by atoms with Crippen LogP contribution in [0.4, 0.5) is 5.69 Å². The Kier molecular flexibility index (Phi) is 7.94. The maximum absolute atomic E-state index is 13.0. The van der Waals surface area contributed by atoms with Gasteiger partial charge in [0.25, 0.3) is 11.8 Å². The molecule has 0 aliphatic carbocycles. The van der Waals surface area contributed by atoms with Gasteiger partial charge >= 0.3 is 0 Å². The number of amides is 2. The molecule has 0 fully saturated rings. The summed E-state index contributed by atoms with van der Waals surface area (Å²) in [6.45, 7) is 11.3. The van der Waals surface area contributed by atoms with Crippen LogP contribution in [0, 0.1) is 13.8 Å². The first-order valence-corrected chi connectivity index (χ1v) is 13.8. The lowest BCUT2D eigenvalue weighted by Crippen LogP contribution is -2.35. The number of pyridine rings is 1. The summed E-state index contributed by atoms with van der Waals surface area (Å²) >= 11 is 0. The molecule has 40 heavy (non-hydrogen) atoms. The average Bonchev–Trinajstić information content (AvgIpc) is 3.44. The lowest BCUT2D eigenvalue weighted by atomic mass is 9.99. The molecule has 3 heterocycles. The molecule has 204 valence electrons. The van der Waals surface area contributed by atoms with Gasteiger partial charge in [0.1, 0.15) is 0 Å². The highest BCUT2D eigenvalue weighted by molar-refractivity contribution is 6.35. The molecule has 0 radical (unpaired) electrons. The van der Waals surface area contributed by atoms with Gasteiger partial charge in [0.05, 0.1) is 16.8 Å². The minimum Gasteiger partial charge on any atom is -0.358 e. The van der Waals surface area contributed by atoms with Gasteiger partial charge < -0.3 is 20.5 Å². The molecular formula is C33H35N5O2. The fourth-order valence-corrected chi connectivity index (χ4v) is 5.22. The van der Waals surface area contributed by atoms with Crippen LogP contribution < -0.4 is 10.6 Å². The second-order valence-electron chi connectivity index (χ2n) is 10.0. The third-order valence-corrected chi connectivity index (χ3v) is 7.57. The Morgan fingerprint density at radius 1 is 0.975 bits per heavy atom. The molecule has 1 aliphatic heterocycles. The number of nitrogens with one attached hydrogen (secondary N) is 3. The van der Waals surface area contributed by atoms with Crippen molar-refractivity contribution in [2.75, 3.05) is 31.5 Å². The Morgan fingerprint density at radius 2 is 1.73 bits per heavy atom. The van der Waals surface area contributed by atoms with E-state index >= 15 is 0 Å². The Hall–Kier alpha value is -4.49. The van der Waals surface area contributed by atoms with E-state index in [1.165, 1.54) is 0 Å². The van der Waals surface area contributed by atoms with Crippen LogP contribution in [-0.4, -0.2) is 52.9 Å². The molecule has 4 aromatic rings. The summed E-state index contributed by atoms with van der Waals surface area (Å²) in [6.07, 6.45) is 3.70. The van der Waals surface area contributed by atoms with Crippen LogP contribution in [0.5, 0.6) is 0 Å². The fraction of sp³-hybridized carbons (Fsp3) is 0.242. The molecule has 5 rings (SSSR count). The lowest BCUT2D eigenvalue weighted by Gasteiger charge is -2.18. The maximum Gasteiger partial charge on any atom is 0.256 e. The zero-order valence-corrected chi connectivity index (χ0v) is 23.5. The van der Waals surface area contributed by atoms with Gasteiger partial charge in [-0.2, -0.15) is 0 Å². The summed E-state index contributed by atoms with van der Waals surface area (Å²) in [5.74, 6) is -0.266. The van der Waals surface area contributed by atoms with Gasteiger partial charge in [0.2, 0.25) is 0 Å². The monoisotopic (exact) mass is 533 g/mol. The molecule has 1 aliphatic rings. The number of benzene rings is 2. The molecule has 0 spiro atoms. The number of H-pyrrole nitrogens is 1. The number of carbonyl (C=O) groups excluding carboxylic acids is 2. The minimum atomic E-state index is -0.165. The van der Waals surface area contributed by atoms with Gasteiger partial charge in [-0.1, -0.05) is 62.4 Å². The summed E-state index contributed by atoms with van der Waals surface area (Å²) in [4.78, 5) is 36.2. The van der Waals surface area contributed by atoms with E-state index in [1.54, 1.807) is 0 Å². The number of nitrogens with zero attached hydrogens (tertiary/aromatic N) is 2. The number of aromatic nitrogens is 2. The maximum atomic E-state index is 13.0. The van der Waals surface area contributed by atoms with Crippen molar-refractivity contribution < 1.29 is 9.59 Å². The summed E-state index contributed by atoms with van der Waals surface area (Å²) in [6, 6.07) is 20.1. The molecule has 2 aromatic carbocycles. The van der Waals surface area contributed by atoms with E-state index in [4.69, 9.17) is 0 Å². The SMILES string of the molecule is CCN(CC)CCNC(=O)c1c(C)[nH]c(/C=C2\C(=O)Nc3cc(-c4ccc(-c5ccccc5)nc4)ccc32)c1C. The largest absolute Gasteiger partial charge is 0.358 e. The molecule has 3 N–H and O–H groups in total. The number of likely N-dealkylation sites (N-methyl/N-ethyl adjacent to an activating group) is 1. The van der Waals surface area contributed by atoms with Gasteiger partial charge in [0, 0.05) is 53.1 Å². The number of hydrogen-bond acceptors (Lipinski definition) is 4. The molecule has 0 unspecified atom stereocenters. The Balaban J connectivity index is 1.36. The zero-order chi connectivity index (χ0) is 28.2. The van der Waals surface area contributed by atoms with Crippen LogP contribution >= 0.6 is 0 Å². The summed E-state index contributed by atoms with van der Waals surface area (Å²) in [5.41, 5.74) is 9.09. The van der Waals surface area contributed by atoms with Crippen molar-refractivity contribution >= 4 is 29.2 Å². The van der Waals surface area contributed by atoms with Crippen LogP contribution in [0.3, 0.4) is 0 Å². The molecule has 2 amide bonds. The van der Waals surface area contributed by atoms with Crippen molar-refractivity contribution in [3.05, 3.63) is 94.9 Å². The number of fused-ring (bicyclic) bond motifs is 1.